The number of unbranched alkanes of at least 4 members (excludes halogenated alkanes) is 11. The van der Waals surface area contributed by atoms with Crippen LogP contribution in [0.2, 0.25) is 0 Å². The zero-order valence-electron chi connectivity index (χ0n) is 18.3. The summed E-state index contributed by atoms with van der Waals surface area (Å²) >= 11 is 0. The van der Waals surface area contributed by atoms with E-state index in [-0.39, 0.29) is 29.8 Å². The maximum atomic E-state index is 11.9. The fourth-order valence-electron chi connectivity index (χ4n) is 3.24. The minimum Gasteiger partial charge on any atom is -0.508 e. The molecule has 0 aromatic heterocycles. The highest BCUT2D eigenvalue weighted by Crippen LogP contribution is 2.22. The lowest BCUT2D eigenvalue weighted by Crippen LogP contribution is -2.42. The molecular formula is C23H39N3O4. The van der Waals surface area contributed by atoms with Crippen molar-refractivity contribution in [3.8, 4) is 11.5 Å². The number of amides is 3. The number of urea groups is 1. The highest BCUT2D eigenvalue weighted by atomic mass is 16.3. The first-order valence-corrected chi connectivity index (χ1v) is 11.4. The van der Waals surface area contributed by atoms with E-state index in [0.717, 1.165) is 18.9 Å². The van der Waals surface area contributed by atoms with Crippen molar-refractivity contribution < 1.29 is 19.8 Å². The largest absolute Gasteiger partial charge is 0.508 e. The van der Waals surface area contributed by atoms with E-state index < -0.39 is 5.91 Å². The highest BCUT2D eigenvalue weighted by Gasteiger charge is 2.11. The zero-order chi connectivity index (χ0) is 22.0. The lowest BCUT2D eigenvalue weighted by Gasteiger charge is -2.10. The molecule has 30 heavy (non-hydrogen) atoms. The second kappa shape index (κ2) is 16.4. The SMILES string of the molecule is CCCCCCCCCCCCCCNC(=O)NCNC(=O)c1ccc(O)cc1O. The Morgan fingerprint density at radius 1 is 0.767 bits per heavy atom. The average molecular weight is 422 g/mol. The Morgan fingerprint density at radius 2 is 1.33 bits per heavy atom. The van der Waals surface area contributed by atoms with Gasteiger partial charge in [-0.05, 0) is 18.6 Å². The van der Waals surface area contributed by atoms with Crippen molar-refractivity contribution in [3.63, 3.8) is 0 Å². The van der Waals surface area contributed by atoms with Crippen molar-refractivity contribution in [2.45, 2.75) is 84.0 Å². The summed E-state index contributed by atoms with van der Waals surface area (Å²) in [6.45, 7) is 2.80. The molecule has 0 radical (unpaired) electrons. The molecule has 1 aromatic carbocycles. The van der Waals surface area contributed by atoms with Gasteiger partial charge in [0.25, 0.3) is 5.91 Å². The molecule has 0 heterocycles. The Kier molecular flexibility index (Phi) is 14.0. The van der Waals surface area contributed by atoms with Crippen LogP contribution >= 0.6 is 0 Å². The van der Waals surface area contributed by atoms with Crippen molar-refractivity contribution in [1.29, 1.82) is 0 Å². The average Bonchev–Trinajstić information content (AvgIpc) is 2.71. The van der Waals surface area contributed by atoms with Gasteiger partial charge in [-0.3, -0.25) is 4.79 Å². The van der Waals surface area contributed by atoms with Crippen LogP contribution in [-0.4, -0.2) is 35.4 Å². The minimum absolute atomic E-state index is 0.0338. The van der Waals surface area contributed by atoms with Crippen LogP contribution in [-0.2, 0) is 0 Å². The van der Waals surface area contributed by atoms with Gasteiger partial charge in [-0.2, -0.15) is 0 Å². The Labute approximate surface area is 180 Å². The predicted octanol–water partition coefficient (Wildman–Crippen LogP) is 4.79. The first-order chi connectivity index (χ1) is 14.5. The molecule has 0 aliphatic heterocycles. The molecule has 0 atom stereocenters. The Hall–Kier alpha value is -2.44. The molecule has 0 fully saturated rings. The summed E-state index contributed by atoms with van der Waals surface area (Å²) in [6, 6.07) is 3.37. The van der Waals surface area contributed by atoms with Crippen LogP contribution in [0.5, 0.6) is 11.5 Å². The van der Waals surface area contributed by atoms with E-state index in [1.54, 1.807) is 0 Å². The van der Waals surface area contributed by atoms with E-state index >= 15 is 0 Å². The van der Waals surface area contributed by atoms with E-state index in [1.165, 1.54) is 76.3 Å². The van der Waals surface area contributed by atoms with Crippen molar-refractivity contribution in [2.75, 3.05) is 13.2 Å². The molecule has 0 aliphatic carbocycles. The fraction of sp³-hybridized carbons (Fsp3) is 0.652. The summed E-state index contributed by atoms with van der Waals surface area (Å²) in [7, 11) is 0. The maximum absolute atomic E-state index is 11.9. The second-order valence-corrected chi connectivity index (χ2v) is 7.71. The van der Waals surface area contributed by atoms with Gasteiger partial charge in [0.05, 0.1) is 12.2 Å². The lowest BCUT2D eigenvalue weighted by molar-refractivity contribution is 0.0949. The Bertz CT molecular complexity index is 622. The molecule has 3 amide bonds. The summed E-state index contributed by atoms with van der Waals surface area (Å²) < 4.78 is 0. The minimum atomic E-state index is -0.534. The molecule has 0 saturated carbocycles. The van der Waals surface area contributed by atoms with Gasteiger partial charge >= 0.3 is 6.03 Å². The number of phenolic OH excluding ortho intramolecular Hbond substituents is 2. The van der Waals surface area contributed by atoms with Crippen LogP contribution in [0.3, 0.4) is 0 Å². The zero-order valence-corrected chi connectivity index (χ0v) is 18.3. The number of hydrogen-bond acceptors (Lipinski definition) is 4. The standard InChI is InChI=1S/C23H39N3O4/c1-2-3-4-5-6-7-8-9-10-11-12-13-16-24-23(30)26-18-25-22(29)20-15-14-19(27)17-21(20)28/h14-15,17,27-28H,2-13,16,18H2,1H3,(H,25,29)(H2,24,26,30). The molecule has 7 heteroatoms. The van der Waals surface area contributed by atoms with Gasteiger partial charge in [-0.1, -0.05) is 77.6 Å². The number of carbonyl (C=O) groups excluding carboxylic acids is 2. The number of rotatable bonds is 16. The third-order valence-electron chi connectivity index (χ3n) is 5.04. The second-order valence-electron chi connectivity index (χ2n) is 7.71. The number of carbonyl (C=O) groups is 2. The van der Waals surface area contributed by atoms with Crippen LogP contribution in [0.4, 0.5) is 4.79 Å². The fourth-order valence-corrected chi connectivity index (χ4v) is 3.24. The summed E-state index contributed by atoms with van der Waals surface area (Å²) in [5, 5.41) is 26.7. The van der Waals surface area contributed by atoms with Crippen molar-refractivity contribution in [2.24, 2.45) is 0 Å². The summed E-state index contributed by atoms with van der Waals surface area (Å²) in [5.74, 6) is -0.975. The van der Waals surface area contributed by atoms with E-state index in [0.29, 0.717) is 6.54 Å². The van der Waals surface area contributed by atoms with Gasteiger partial charge in [0.2, 0.25) is 0 Å². The predicted molar refractivity (Wildman–Crippen MR) is 120 cm³/mol. The van der Waals surface area contributed by atoms with Crippen LogP contribution in [0.1, 0.15) is 94.3 Å². The summed E-state index contributed by atoms with van der Waals surface area (Å²) in [4.78, 5) is 23.6. The van der Waals surface area contributed by atoms with Gasteiger partial charge < -0.3 is 26.2 Å². The highest BCUT2D eigenvalue weighted by molar-refractivity contribution is 5.97. The molecule has 0 spiro atoms. The molecule has 170 valence electrons. The van der Waals surface area contributed by atoms with Crippen LogP contribution < -0.4 is 16.0 Å². The third kappa shape index (κ3) is 12.2. The van der Waals surface area contributed by atoms with E-state index in [9.17, 15) is 19.8 Å². The Balaban J connectivity index is 1.93. The maximum Gasteiger partial charge on any atom is 0.316 e. The van der Waals surface area contributed by atoms with E-state index in [4.69, 9.17) is 0 Å². The monoisotopic (exact) mass is 421 g/mol. The number of benzene rings is 1. The number of hydrogen-bond donors (Lipinski definition) is 5. The van der Waals surface area contributed by atoms with E-state index in [1.807, 2.05) is 0 Å². The molecule has 0 saturated heterocycles. The van der Waals surface area contributed by atoms with E-state index in [2.05, 4.69) is 22.9 Å². The quantitative estimate of drug-likeness (QED) is 0.195. The molecule has 1 aromatic rings. The van der Waals surface area contributed by atoms with Crippen molar-refractivity contribution >= 4 is 11.9 Å². The third-order valence-corrected chi connectivity index (χ3v) is 5.04. The smallest absolute Gasteiger partial charge is 0.316 e. The summed E-state index contributed by atoms with van der Waals surface area (Å²) in [6.07, 6.45) is 15.3. The lowest BCUT2D eigenvalue weighted by atomic mass is 10.1. The van der Waals surface area contributed by atoms with Crippen molar-refractivity contribution in [3.05, 3.63) is 23.8 Å². The first-order valence-electron chi connectivity index (χ1n) is 11.4. The molecule has 0 aliphatic rings. The normalized spacial score (nSPS) is 10.6. The number of aromatic hydroxyl groups is 2. The van der Waals surface area contributed by atoms with Crippen molar-refractivity contribution in [1.82, 2.24) is 16.0 Å². The van der Waals surface area contributed by atoms with Crippen LogP contribution in [0.15, 0.2) is 18.2 Å². The van der Waals surface area contributed by atoms with Gasteiger partial charge in [-0.15, -0.1) is 0 Å². The Morgan fingerprint density at radius 3 is 1.90 bits per heavy atom. The molecule has 5 N–H and O–H groups in total. The first kappa shape index (κ1) is 25.6. The van der Waals surface area contributed by atoms with Crippen LogP contribution in [0.25, 0.3) is 0 Å². The molecule has 1 rings (SSSR count). The molecular weight excluding hydrogens is 382 g/mol. The summed E-state index contributed by atoms with van der Waals surface area (Å²) in [5.41, 5.74) is 0.0338. The van der Waals surface area contributed by atoms with Gasteiger partial charge in [0.1, 0.15) is 11.5 Å². The van der Waals surface area contributed by atoms with Gasteiger partial charge in [-0.25, -0.2) is 4.79 Å². The molecule has 0 unspecified atom stereocenters. The molecule has 7 nitrogen and oxygen atoms in total. The van der Waals surface area contributed by atoms with Gasteiger partial charge in [0, 0.05) is 12.6 Å². The topological polar surface area (TPSA) is 111 Å². The molecule has 0 bridgehead atoms. The number of nitrogens with one attached hydrogen (secondary N) is 3. The van der Waals surface area contributed by atoms with Gasteiger partial charge in [0.15, 0.2) is 0 Å². The van der Waals surface area contributed by atoms with Crippen LogP contribution in [0, 0.1) is 0 Å². The number of phenols is 2.